The van der Waals surface area contributed by atoms with E-state index in [1.165, 1.54) is 0 Å². The molecule has 0 bridgehead atoms. The summed E-state index contributed by atoms with van der Waals surface area (Å²) in [6.45, 7) is 4.93. The molecule has 4 heteroatoms. The molecule has 15 heavy (non-hydrogen) atoms. The normalized spacial score (nSPS) is 12.5. The molecular formula is C11H19N3O. The van der Waals surface area contributed by atoms with Crippen molar-refractivity contribution in [2.24, 2.45) is 13.0 Å². The molecule has 1 amide bonds. The number of nitrogens with one attached hydrogen (secondary N) is 1. The second-order valence-electron chi connectivity index (χ2n) is 3.99. The zero-order valence-electron chi connectivity index (χ0n) is 9.58. The standard InChI is InChI=1S/C11H19N3O/c1-4-8(2)6-13-11(15)10-5-9(12)7-14(10)3/h5,7-8H,4,6,12H2,1-3H3,(H,13,15). The van der Waals surface area contributed by atoms with E-state index in [1.54, 1.807) is 16.8 Å². The lowest BCUT2D eigenvalue weighted by Gasteiger charge is -2.10. The predicted octanol–water partition coefficient (Wildman–Crippen LogP) is 1.38. The Hall–Kier alpha value is -1.45. The van der Waals surface area contributed by atoms with Gasteiger partial charge in [-0.05, 0) is 12.0 Å². The summed E-state index contributed by atoms with van der Waals surface area (Å²) in [6.07, 6.45) is 2.80. The second kappa shape index (κ2) is 4.87. The van der Waals surface area contributed by atoms with Crippen LogP contribution in [0.5, 0.6) is 0 Å². The largest absolute Gasteiger partial charge is 0.397 e. The maximum Gasteiger partial charge on any atom is 0.267 e. The Kier molecular flexibility index (Phi) is 3.77. The first-order valence-corrected chi connectivity index (χ1v) is 5.24. The van der Waals surface area contributed by atoms with E-state index in [1.807, 2.05) is 7.05 Å². The Morgan fingerprint density at radius 1 is 1.67 bits per heavy atom. The van der Waals surface area contributed by atoms with E-state index >= 15 is 0 Å². The van der Waals surface area contributed by atoms with Crippen LogP contribution in [-0.2, 0) is 7.05 Å². The Bertz CT molecular complexity index is 344. The van der Waals surface area contributed by atoms with Crippen LogP contribution in [-0.4, -0.2) is 17.0 Å². The number of carbonyl (C=O) groups is 1. The van der Waals surface area contributed by atoms with E-state index in [9.17, 15) is 4.79 Å². The molecule has 0 aliphatic rings. The third kappa shape index (κ3) is 3.01. The van der Waals surface area contributed by atoms with Gasteiger partial charge in [0.25, 0.3) is 5.91 Å². The van der Waals surface area contributed by atoms with Gasteiger partial charge in [0.1, 0.15) is 5.69 Å². The molecule has 3 N–H and O–H groups in total. The fraction of sp³-hybridized carbons (Fsp3) is 0.545. The van der Waals surface area contributed by atoms with Crippen LogP contribution in [0.3, 0.4) is 0 Å². The first-order valence-electron chi connectivity index (χ1n) is 5.24. The molecule has 0 aliphatic carbocycles. The van der Waals surface area contributed by atoms with Gasteiger partial charge < -0.3 is 15.6 Å². The van der Waals surface area contributed by atoms with Crippen molar-refractivity contribution < 1.29 is 4.79 Å². The molecule has 0 radical (unpaired) electrons. The van der Waals surface area contributed by atoms with Crippen molar-refractivity contribution in [3.8, 4) is 0 Å². The minimum Gasteiger partial charge on any atom is -0.397 e. The molecular weight excluding hydrogens is 190 g/mol. The molecule has 1 atom stereocenters. The molecule has 0 fully saturated rings. The average molecular weight is 209 g/mol. The van der Waals surface area contributed by atoms with E-state index in [0.29, 0.717) is 23.8 Å². The molecule has 84 valence electrons. The lowest BCUT2D eigenvalue weighted by molar-refractivity contribution is 0.0939. The van der Waals surface area contributed by atoms with Crippen LogP contribution in [0.4, 0.5) is 5.69 Å². The number of hydrogen-bond donors (Lipinski definition) is 2. The van der Waals surface area contributed by atoms with Crippen LogP contribution >= 0.6 is 0 Å². The molecule has 1 heterocycles. The van der Waals surface area contributed by atoms with Crippen LogP contribution in [0.2, 0.25) is 0 Å². The number of aryl methyl sites for hydroxylation is 1. The van der Waals surface area contributed by atoms with Crippen LogP contribution in [0.15, 0.2) is 12.3 Å². The monoisotopic (exact) mass is 209 g/mol. The van der Waals surface area contributed by atoms with Crippen molar-refractivity contribution >= 4 is 11.6 Å². The molecule has 1 rings (SSSR count). The first-order chi connectivity index (χ1) is 7.04. The average Bonchev–Trinajstić information content (AvgIpc) is 2.53. The zero-order chi connectivity index (χ0) is 11.4. The Morgan fingerprint density at radius 3 is 2.80 bits per heavy atom. The highest BCUT2D eigenvalue weighted by Gasteiger charge is 2.10. The van der Waals surface area contributed by atoms with Gasteiger partial charge in [-0.15, -0.1) is 0 Å². The van der Waals surface area contributed by atoms with Gasteiger partial charge in [0, 0.05) is 19.8 Å². The minimum absolute atomic E-state index is 0.0606. The number of anilines is 1. The summed E-state index contributed by atoms with van der Waals surface area (Å²) in [5.74, 6) is 0.445. The number of nitrogens with zero attached hydrogens (tertiary/aromatic N) is 1. The number of carbonyl (C=O) groups excluding carboxylic acids is 1. The number of hydrogen-bond acceptors (Lipinski definition) is 2. The highest BCUT2D eigenvalue weighted by atomic mass is 16.1. The highest BCUT2D eigenvalue weighted by molar-refractivity contribution is 5.93. The van der Waals surface area contributed by atoms with Gasteiger partial charge >= 0.3 is 0 Å². The van der Waals surface area contributed by atoms with Gasteiger partial charge in [-0.3, -0.25) is 4.79 Å². The fourth-order valence-corrected chi connectivity index (χ4v) is 1.32. The first kappa shape index (κ1) is 11.6. The Balaban J connectivity index is 2.58. The lowest BCUT2D eigenvalue weighted by atomic mass is 10.1. The molecule has 0 aliphatic heterocycles. The SMILES string of the molecule is CCC(C)CNC(=O)c1cc(N)cn1C. The number of rotatable bonds is 4. The molecule has 1 aromatic rings. The van der Waals surface area contributed by atoms with Crippen LogP contribution in [0, 0.1) is 5.92 Å². The minimum atomic E-state index is -0.0606. The fourth-order valence-electron chi connectivity index (χ4n) is 1.32. The van der Waals surface area contributed by atoms with Gasteiger partial charge in [-0.1, -0.05) is 20.3 Å². The summed E-state index contributed by atoms with van der Waals surface area (Å²) in [7, 11) is 1.81. The lowest BCUT2D eigenvalue weighted by Crippen LogP contribution is -2.29. The van der Waals surface area contributed by atoms with E-state index in [-0.39, 0.29) is 5.91 Å². The molecule has 0 spiro atoms. The smallest absolute Gasteiger partial charge is 0.267 e. The van der Waals surface area contributed by atoms with Crippen molar-refractivity contribution in [3.63, 3.8) is 0 Å². The van der Waals surface area contributed by atoms with Crippen molar-refractivity contribution in [2.45, 2.75) is 20.3 Å². The van der Waals surface area contributed by atoms with Crippen molar-refractivity contribution in [1.82, 2.24) is 9.88 Å². The van der Waals surface area contributed by atoms with Gasteiger partial charge in [0.2, 0.25) is 0 Å². The number of aromatic nitrogens is 1. The predicted molar refractivity (Wildman–Crippen MR) is 61.6 cm³/mol. The quantitative estimate of drug-likeness (QED) is 0.787. The van der Waals surface area contributed by atoms with Gasteiger partial charge in [-0.25, -0.2) is 0 Å². The van der Waals surface area contributed by atoms with E-state index in [2.05, 4.69) is 19.2 Å². The molecule has 0 saturated carbocycles. The van der Waals surface area contributed by atoms with E-state index in [0.717, 1.165) is 6.42 Å². The number of nitrogens with two attached hydrogens (primary N) is 1. The Labute approximate surface area is 90.5 Å². The van der Waals surface area contributed by atoms with Crippen molar-refractivity contribution in [2.75, 3.05) is 12.3 Å². The topological polar surface area (TPSA) is 60.1 Å². The second-order valence-corrected chi connectivity index (χ2v) is 3.99. The number of nitrogen functional groups attached to an aromatic ring is 1. The summed E-state index contributed by atoms with van der Waals surface area (Å²) in [6, 6.07) is 1.69. The summed E-state index contributed by atoms with van der Waals surface area (Å²) < 4.78 is 1.74. The maximum absolute atomic E-state index is 11.7. The van der Waals surface area contributed by atoms with Crippen molar-refractivity contribution in [3.05, 3.63) is 18.0 Å². The van der Waals surface area contributed by atoms with Gasteiger partial charge in [-0.2, -0.15) is 0 Å². The van der Waals surface area contributed by atoms with Gasteiger partial charge in [0.05, 0.1) is 5.69 Å². The summed E-state index contributed by atoms with van der Waals surface area (Å²) in [4.78, 5) is 11.7. The molecule has 0 aromatic carbocycles. The Morgan fingerprint density at radius 2 is 2.33 bits per heavy atom. The number of amides is 1. The third-order valence-electron chi connectivity index (χ3n) is 2.57. The third-order valence-corrected chi connectivity index (χ3v) is 2.57. The maximum atomic E-state index is 11.7. The van der Waals surface area contributed by atoms with E-state index < -0.39 is 0 Å². The summed E-state index contributed by atoms with van der Waals surface area (Å²) in [5, 5.41) is 2.89. The molecule has 0 saturated heterocycles. The van der Waals surface area contributed by atoms with E-state index in [4.69, 9.17) is 5.73 Å². The molecule has 1 unspecified atom stereocenters. The molecule has 1 aromatic heterocycles. The zero-order valence-corrected chi connectivity index (χ0v) is 9.58. The summed E-state index contributed by atoms with van der Waals surface area (Å²) >= 11 is 0. The molecule has 4 nitrogen and oxygen atoms in total. The van der Waals surface area contributed by atoms with Crippen LogP contribution in [0.1, 0.15) is 30.8 Å². The van der Waals surface area contributed by atoms with Crippen LogP contribution in [0.25, 0.3) is 0 Å². The summed E-state index contributed by atoms with van der Waals surface area (Å²) in [5.41, 5.74) is 6.82. The van der Waals surface area contributed by atoms with Crippen LogP contribution < -0.4 is 11.1 Å². The van der Waals surface area contributed by atoms with Gasteiger partial charge in [0.15, 0.2) is 0 Å². The highest BCUT2D eigenvalue weighted by Crippen LogP contribution is 2.08. The van der Waals surface area contributed by atoms with Crippen molar-refractivity contribution in [1.29, 1.82) is 0 Å².